The zero-order chi connectivity index (χ0) is 22.8. The highest BCUT2D eigenvalue weighted by molar-refractivity contribution is 5.88. The molecule has 32 heavy (non-hydrogen) atoms. The predicted octanol–water partition coefficient (Wildman–Crippen LogP) is 4.23. The third kappa shape index (κ3) is 6.98. The van der Waals surface area contributed by atoms with Gasteiger partial charge in [-0.15, -0.1) is 0 Å². The Hall–Kier alpha value is -3.60. The van der Waals surface area contributed by atoms with Gasteiger partial charge in [0.15, 0.2) is 6.61 Å². The Kier molecular flexibility index (Phi) is 8.44. The number of nitrogens with one attached hydrogen (secondary N) is 1. The first-order valence-corrected chi connectivity index (χ1v) is 10.9. The molecule has 3 rings (SSSR count). The summed E-state index contributed by atoms with van der Waals surface area (Å²) in [6.45, 7) is 4.01. The number of para-hydroxylation sites is 1. The summed E-state index contributed by atoms with van der Waals surface area (Å²) < 4.78 is 5.72. The van der Waals surface area contributed by atoms with Crippen LogP contribution in [0.25, 0.3) is 0 Å². The second-order valence-corrected chi connectivity index (χ2v) is 7.98. The smallest absolute Gasteiger partial charge is 0.261 e. The van der Waals surface area contributed by atoms with E-state index in [1.54, 1.807) is 4.90 Å². The van der Waals surface area contributed by atoms with Crippen LogP contribution in [0.5, 0.6) is 5.75 Å². The monoisotopic (exact) mass is 430 g/mol. The number of hydrogen-bond acceptors (Lipinski definition) is 3. The van der Waals surface area contributed by atoms with E-state index in [9.17, 15) is 9.59 Å². The lowest BCUT2D eigenvalue weighted by Crippen LogP contribution is -2.52. The lowest BCUT2D eigenvalue weighted by molar-refractivity contribution is -0.143. The molecule has 3 aromatic rings. The van der Waals surface area contributed by atoms with Crippen LogP contribution in [0, 0.1) is 0 Å². The maximum absolute atomic E-state index is 13.4. The van der Waals surface area contributed by atoms with E-state index in [2.05, 4.69) is 5.32 Å². The summed E-state index contributed by atoms with van der Waals surface area (Å²) in [5, 5.41) is 2.98. The van der Waals surface area contributed by atoms with Gasteiger partial charge in [0.25, 0.3) is 5.91 Å². The third-order valence-corrected chi connectivity index (χ3v) is 5.00. The molecule has 1 atom stereocenters. The van der Waals surface area contributed by atoms with Gasteiger partial charge in [0.2, 0.25) is 5.91 Å². The van der Waals surface area contributed by atoms with Crippen LogP contribution in [-0.4, -0.2) is 35.4 Å². The summed E-state index contributed by atoms with van der Waals surface area (Å²) in [5.74, 6) is 0.206. The van der Waals surface area contributed by atoms with Gasteiger partial charge >= 0.3 is 0 Å². The van der Waals surface area contributed by atoms with Gasteiger partial charge in [-0.25, -0.2) is 0 Å². The van der Waals surface area contributed by atoms with Gasteiger partial charge < -0.3 is 15.0 Å². The molecule has 0 aliphatic rings. The summed E-state index contributed by atoms with van der Waals surface area (Å²) in [6.07, 6.45) is 0.420. The van der Waals surface area contributed by atoms with Crippen molar-refractivity contribution in [1.82, 2.24) is 10.2 Å². The van der Waals surface area contributed by atoms with Crippen molar-refractivity contribution in [3.63, 3.8) is 0 Å². The van der Waals surface area contributed by atoms with Crippen LogP contribution in [0.1, 0.15) is 25.0 Å². The van der Waals surface area contributed by atoms with Crippen molar-refractivity contribution in [2.24, 2.45) is 0 Å². The van der Waals surface area contributed by atoms with E-state index in [1.807, 2.05) is 105 Å². The molecule has 166 valence electrons. The highest BCUT2D eigenvalue weighted by Gasteiger charge is 2.31. The highest BCUT2D eigenvalue weighted by Crippen LogP contribution is 2.16. The molecule has 0 fully saturated rings. The van der Waals surface area contributed by atoms with Crippen LogP contribution in [0.3, 0.4) is 0 Å². The lowest BCUT2D eigenvalue weighted by Gasteiger charge is -2.32. The van der Waals surface area contributed by atoms with E-state index < -0.39 is 6.04 Å². The van der Waals surface area contributed by atoms with Crippen molar-refractivity contribution in [1.29, 1.82) is 0 Å². The van der Waals surface area contributed by atoms with E-state index in [4.69, 9.17) is 4.74 Å². The summed E-state index contributed by atoms with van der Waals surface area (Å²) >= 11 is 0. The fraction of sp³-hybridized carbons (Fsp3) is 0.259. The number of benzene rings is 3. The number of carbonyl (C=O) groups is 2. The molecule has 5 heteroatoms. The number of rotatable bonds is 10. The van der Waals surface area contributed by atoms with Crippen molar-refractivity contribution >= 4 is 11.8 Å². The molecule has 0 aliphatic heterocycles. The molecule has 5 nitrogen and oxygen atoms in total. The molecule has 0 heterocycles. The maximum Gasteiger partial charge on any atom is 0.261 e. The van der Waals surface area contributed by atoms with E-state index in [-0.39, 0.29) is 24.5 Å². The summed E-state index contributed by atoms with van der Waals surface area (Å²) in [7, 11) is 0. The molecular formula is C27H30N2O3. The number of carbonyl (C=O) groups excluding carboxylic acids is 2. The minimum atomic E-state index is -0.660. The number of amides is 2. The summed E-state index contributed by atoms with van der Waals surface area (Å²) in [5.41, 5.74) is 1.95. The van der Waals surface area contributed by atoms with Crippen LogP contribution in [-0.2, 0) is 22.6 Å². The highest BCUT2D eigenvalue weighted by atomic mass is 16.5. The Morgan fingerprint density at radius 1 is 0.812 bits per heavy atom. The lowest BCUT2D eigenvalue weighted by atomic mass is 10.0. The first-order valence-electron chi connectivity index (χ1n) is 10.9. The normalized spacial score (nSPS) is 11.6. The average molecular weight is 431 g/mol. The van der Waals surface area contributed by atoms with Crippen molar-refractivity contribution in [3.05, 3.63) is 102 Å². The molecule has 3 aromatic carbocycles. The van der Waals surface area contributed by atoms with E-state index in [0.29, 0.717) is 18.7 Å². The second-order valence-electron chi connectivity index (χ2n) is 7.98. The first kappa shape index (κ1) is 23.1. The molecule has 1 N–H and O–H groups in total. The summed E-state index contributed by atoms with van der Waals surface area (Å²) in [4.78, 5) is 28.2. The topological polar surface area (TPSA) is 58.6 Å². The molecule has 2 amide bonds. The molecule has 0 saturated carbocycles. The molecular weight excluding hydrogens is 400 g/mol. The Bertz CT molecular complexity index is 976. The minimum Gasteiger partial charge on any atom is -0.484 e. The minimum absolute atomic E-state index is 0.0324. The Morgan fingerprint density at radius 3 is 1.91 bits per heavy atom. The van der Waals surface area contributed by atoms with Gasteiger partial charge in [0.1, 0.15) is 11.8 Å². The predicted molar refractivity (Wildman–Crippen MR) is 126 cm³/mol. The average Bonchev–Trinajstić information content (AvgIpc) is 2.81. The van der Waals surface area contributed by atoms with Gasteiger partial charge in [-0.3, -0.25) is 9.59 Å². The Morgan fingerprint density at radius 2 is 1.34 bits per heavy atom. The van der Waals surface area contributed by atoms with Crippen LogP contribution in [0.4, 0.5) is 0 Å². The van der Waals surface area contributed by atoms with Crippen LogP contribution >= 0.6 is 0 Å². The number of ether oxygens (including phenoxy) is 1. The summed E-state index contributed by atoms with van der Waals surface area (Å²) in [6, 6.07) is 28.0. The number of hydrogen-bond donors (Lipinski definition) is 1. The van der Waals surface area contributed by atoms with Gasteiger partial charge in [0, 0.05) is 19.0 Å². The largest absolute Gasteiger partial charge is 0.484 e. The quantitative estimate of drug-likeness (QED) is 0.524. The van der Waals surface area contributed by atoms with Gasteiger partial charge in [0.05, 0.1) is 0 Å². The van der Waals surface area contributed by atoms with Crippen LogP contribution in [0.2, 0.25) is 0 Å². The third-order valence-electron chi connectivity index (χ3n) is 5.00. The molecule has 0 unspecified atom stereocenters. The van der Waals surface area contributed by atoms with Gasteiger partial charge in [-0.2, -0.15) is 0 Å². The SMILES string of the molecule is CC(C)NC(=O)[C@@H](Cc1ccccc1)N(Cc1ccccc1)C(=O)COc1ccccc1. The van der Waals surface area contributed by atoms with Gasteiger partial charge in [-0.1, -0.05) is 78.9 Å². The maximum atomic E-state index is 13.4. The molecule has 0 spiro atoms. The molecule has 0 bridgehead atoms. The fourth-order valence-electron chi connectivity index (χ4n) is 3.46. The zero-order valence-electron chi connectivity index (χ0n) is 18.6. The fourth-order valence-corrected chi connectivity index (χ4v) is 3.46. The molecule has 0 saturated heterocycles. The zero-order valence-corrected chi connectivity index (χ0v) is 18.6. The second kappa shape index (κ2) is 11.7. The Labute approximate surface area is 190 Å². The van der Waals surface area contributed by atoms with E-state index in [0.717, 1.165) is 11.1 Å². The van der Waals surface area contributed by atoms with E-state index in [1.165, 1.54) is 0 Å². The first-order chi connectivity index (χ1) is 15.5. The molecule has 0 aliphatic carbocycles. The van der Waals surface area contributed by atoms with Crippen molar-refractivity contribution in [3.8, 4) is 5.75 Å². The van der Waals surface area contributed by atoms with Crippen LogP contribution in [0.15, 0.2) is 91.0 Å². The van der Waals surface area contributed by atoms with Crippen LogP contribution < -0.4 is 10.1 Å². The molecule has 0 aromatic heterocycles. The standard InChI is InChI=1S/C27H30N2O3/c1-21(2)28-27(31)25(18-22-12-6-3-7-13-22)29(19-23-14-8-4-9-15-23)26(30)20-32-24-16-10-5-11-17-24/h3-17,21,25H,18-20H2,1-2H3,(H,28,31)/t25-/m1/s1. The van der Waals surface area contributed by atoms with Crippen molar-refractivity contribution < 1.29 is 14.3 Å². The van der Waals surface area contributed by atoms with Gasteiger partial charge in [-0.05, 0) is 37.1 Å². The van der Waals surface area contributed by atoms with Crippen molar-refractivity contribution in [2.75, 3.05) is 6.61 Å². The Balaban J connectivity index is 1.87. The van der Waals surface area contributed by atoms with E-state index >= 15 is 0 Å². The number of nitrogens with zero attached hydrogens (tertiary/aromatic N) is 1. The molecule has 0 radical (unpaired) electrons. The van der Waals surface area contributed by atoms with Crippen molar-refractivity contribution in [2.45, 2.75) is 38.9 Å².